The Morgan fingerprint density at radius 2 is 2.24 bits per heavy atom. The van der Waals surface area contributed by atoms with Crippen LogP contribution >= 0.6 is 11.6 Å². The Balaban J connectivity index is 2.52. The van der Waals surface area contributed by atoms with Crippen LogP contribution in [0.1, 0.15) is 5.56 Å². The highest BCUT2D eigenvalue weighted by Crippen LogP contribution is 2.29. The molecule has 0 saturated carbocycles. The van der Waals surface area contributed by atoms with Crippen LogP contribution in [0.25, 0.3) is 11.3 Å². The fraction of sp³-hybridized carbons (Fsp3) is 0.182. The number of hydrogen-bond acceptors (Lipinski definition) is 3. The Morgan fingerprint density at radius 1 is 1.47 bits per heavy atom. The Labute approximate surface area is 103 Å². The van der Waals surface area contributed by atoms with Crippen molar-refractivity contribution >= 4 is 17.4 Å². The highest BCUT2D eigenvalue weighted by Gasteiger charge is 2.13. The van der Waals surface area contributed by atoms with E-state index in [4.69, 9.17) is 22.1 Å². The quantitative estimate of drug-likeness (QED) is 0.886. The Kier molecular flexibility index (Phi) is 3.31. The van der Waals surface area contributed by atoms with Crippen LogP contribution in [-0.2, 0) is 11.3 Å². The van der Waals surface area contributed by atoms with Crippen molar-refractivity contribution in [2.75, 3.05) is 12.8 Å². The number of nitrogens with two attached hydrogens (primary N) is 1. The van der Waals surface area contributed by atoms with Gasteiger partial charge in [0.1, 0.15) is 5.82 Å². The van der Waals surface area contributed by atoms with Gasteiger partial charge < -0.3 is 10.5 Å². The molecule has 1 heterocycles. The third-order valence-corrected chi connectivity index (χ3v) is 2.56. The first kappa shape index (κ1) is 11.9. The number of rotatable bonds is 3. The number of nitrogens with one attached hydrogen (secondary N) is 1. The number of methoxy groups -OCH3 is 1. The van der Waals surface area contributed by atoms with Crippen molar-refractivity contribution in [1.82, 2.24) is 10.2 Å². The van der Waals surface area contributed by atoms with Crippen molar-refractivity contribution in [2.24, 2.45) is 0 Å². The van der Waals surface area contributed by atoms with Gasteiger partial charge in [-0.25, -0.2) is 4.39 Å². The molecule has 0 aliphatic heterocycles. The van der Waals surface area contributed by atoms with E-state index in [2.05, 4.69) is 10.2 Å². The molecular weight excluding hydrogens is 245 g/mol. The lowest BCUT2D eigenvalue weighted by atomic mass is 10.1. The summed E-state index contributed by atoms with van der Waals surface area (Å²) in [4.78, 5) is 0. The van der Waals surface area contributed by atoms with Crippen molar-refractivity contribution in [3.8, 4) is 11.3 Å². The van der Waals surface area contributed by atoms with Gasteiger partial charge in [0.15, 0.2) is 5.82 Å². The number of ether oxygens (including phenoxy) is 1. The number of anilines is 1. The van der Waals surface area contributed by atoms with Gasteiger partial charge in [0.25, 0.3) is 0 Å². The van der Waals surface area contributed by atoms with Gasteiger partial charge in [-0.05, 0) is 17.7 Å². The molecule has 0 radical (unpaired) electrons. The van der Waals surface area contributed by atoms with Crippen molar-refractivity contribution in [3.63, 3.8) is 0 Å². The number of nitrogens with zero attached hydrogens (tertiary/aromatic N) is 1. The van der Waals surface area contributed by atoms with E-state index < -0.39 is 5.82 Å². The smallest absolute Gasteiger partial charge is 0.151 e. The van der Waals surface area contributed by atoms with Crippen LogP contribution in [0.3, 0.4) is 0 Å². The van der Waals surface area contributed by atoms with Crippen LogP contribution in [0.4, 0.5) is 10.2 Å². The zero-order valence-corrected chi connectivity index (χ0v) is 9.88. The van der Waals surface area contributed by atoms with Crippen LogP contribution < -0.4 is 5.73 Å². The summed E-state index contributed by atoms with van der Waals surface area (Å²) >= 11 is 5.82. The number of halogens is 2. The molecule has 2 aromatic rings. The second kappa shape index (κ2) is 4.73. The highest BCUT2D eigenvalue weighted by atomic mass is 35.5. The van der Waals surface area contributed by atoms with E-state index in [-0.39, 0.29) is 5.02 Å². The van der Waals surface area contributed by atoms with Gasteiger partial charge in [0.2, 0.25) is 0 Å². The zero-order chi connectivity index (χ0) is 12.4. The number of nitrogen functional groups attached to an aromatic ring is 1. The van der Waals surface area contributed by atoms with E-state index in [1.807, 2.05) is 0 Å². The normalized spacial score (nSPS) is 10.8. The van der Waals surface area contributed by atoms with Gasteiger partial charge in [-0.15, -0.1) is 0 Å². The number of H-pyrrole nitrogens is 1. The lowest BCUT2D eigenvalue weighted by Crippen LogP contribution is -1.93. The summed E-state index contributed by atoms with van der Waals surface area (Å²) in [5.74, 6) is -0.206. The minimum Gasteiger partial charge on any atom is -0.382 e. The van der Waals surface area contributed by atoms with Gasteiger partial charge in [0, 0.05) is 18.7 Å². The van der Waals surface area contributed by atoms with E-state index in [0.29, 0.717) is 23.7 Å². The second-order valence-electron chi connectivity index (χ2n) is 3.58. The van der Waals surface area contributed by atoms with Crippen LogP contribution in [0.2, 0.25) is 5.02 Å². The molecule has 0 saturated heterocycles. The number of aromatic nitrogens is 2. The summed E-state index contributed by atoms with van der Waals surface area (Å²) in [6.45, 7) is 0.358. The third-order valence-electron chi connectivity index (χ3n) is 2.29. The maximum atomic E-state index is 13.9. The number of hydrogen-bond donors (Lipinski definition) is 2. The monoisotopic (exact) mass is 255 g/mol. The van der Waals surface area contributed by atoms with Crippen molar-refractivity contribution in [3.05, 3.63) is 34.6 Å². The molecule has 0 fully saturated rings. The Bertz CT molecular complexity index is 542. The van der Waals surface area contributed by atoms with Gasteiger partial charge in [-0.1, -0.05) is 11.6 Å². The fourth-order valence-electron chi connectivity index (χ4n) is 1.57. The Hall–Kier alpha value is -1.59. The average molecular weight is 256 g/mol. The lowest BCUT2D eigenvalue weighted by Gasteiger charge is -2.06. The standard InChI is InChI=1S/C11H11ClFN3O/c1-17-5-6-2-7(11(13)8(12)3-6)9-4-10(14)16-15-9/h2-4H,5H2,1H3,(H3,14,15,16). The predicted octanol–water partition coefficient (Wildman–Crippen LogP) is 2.60. The van der Waals surface area contributed by atoms with E-state index in [9.17, 15) is 4.39 Å². The molecular formula is C11H11ClFN3O. The van der Waals surface area contributed by atoms with E-state index in [1.54, 1.807) is 19.2 Å². The topological polar surface area (TPSA) is 63.9 Å². The van der Waals surface area contributed by atoms with E-state index >= 15 is 0 Å². The summed E-state index contributed by atoms with van der Waals surface area (Å²) < 4.78 is 18.8. The van der Waals surface area contributed by atoms with Crippen molar-refractivity contribution < 1.29 is 9.13 Å². The highest BCUT2D eigenvalue weighted by molar-refractivity contribution is 6.31. The van der Waals surface area contributed by atoms with Crippen molar-refractivity contribution in [2.45, 2.75) is 6.61 Å². The third kappa shape index (κ3) is 2.40. The molecule has 17 heavy (non-hydrogen) atoms. The molecule has 0 unspecified atom stereocenters. The number of benzene rings is 1. The molecule has 3 N–H and O–H groups in total. The summed E-state index contributed by atoms with van der Waals surface area (Å²) in [5, 5.41) is 6.44. The lowest BCUT2D eigenvalue weighted by molar-refractivity contribution is 0.185. The molecule has 0 bridgehead atoms. The summed E-state index contributed by atoms with van der Waals surface area (Å²) in [7, 11) is 1.56. The van der Waals surface area contributed by atoms with Crippen LogP contribution in [0, 0.1) is 5.82 Å². The maximum absolute atomic E-state index is 13.9. The van der Waals surface area contributed by atoms with Crippen LogP contribution in [0.15, 0.2) is 18.2 Å². The fourth-order valence-corrected chi connectivity index (χ4v) is 1.81. The van der Waals surface area contributed by atoms with Gasteiger partial charge >= 0.3 is 0 Å². The van der Waals surface area contributed by atoms with E-state index in [1.165, 1.54) is 6.07 Å². The van der Waals surface area contributed by atoms with E-state index in [0.717, 1.165) is 5.56 Å². The second-order valence-corrected chi connectivity index (χ2v) is 3.99. The molecule has 0 aliphatic rings. The average Bonchev–Trinajstić information content (AvgIpc) is 2.70. The first-order valence-corrected chi connectivity index (χ1v) is 5.27. The molecule has 2 rings (SSSR count). The van der Waals surface area contributed by atoms with Crippen LogP contribution in [-0.4, -0.2) is 17.3 Å². The minimum absolute atomic E-state index is 0.0442. The minimum atomic E-state index is -0.504. The molecule has 0 spiro atoms. The molecule has 0 amide bonds. The first-order chi connectivity index (χ1) is 8.11. The summed E-state index contributed by atoms with van der Waals surface area (Å²) in [6.07, 6.45) is 0. The maximum Gasteiger partial charge on any atom is 0.151 e. The van der Waals surface area contributed by atoms with Gasteiger partial charge in [0.05, 0.1) is 17.3 Å². The molecule has 0 aliphatic carbocycles. The molecule has 1 aromatic carbocycles. The molecule has 0 atom stereocenters. The summed E-state index contributed by atoms with van der Waals surface area (Å²) in [6, 6.07) is 4.73. The molecule has 6 heteroatoms. The number of aromatic amines is 1. The molecule has 1 aromatic heterocycles. The Morgan fingerprint density at radius 3 is 2.82 bits per heavy atom. The molecule has 4 nitrogen and oxygen atoms in total. The summed E-state index contributed by atoms with van der Waals surface area (Å²) in [5.41, 5.74) is 7.07. The molecule has 90 valence electrons. The zero-order valence-electron chi connectivity index (χ0n) is 9.13. The SMILES string of the molecule is COCc1cc(Cl)c(F)c(-c2cc(N)n[nH]2)c1. The first-order valence-electron chi connectivity index (χ1n) is 4.90. The van der Waals surface area contributed by atoms with Gasteiger partial charge in [-0.3, -0.25) is 5.10 Å². The van der Waals surface area contributed by atoms with Crippen LogP contribution in [0.5, 0.6) is 0 Å². The predicted molar refractivity (Wildman–Crippen MR) is 64.1 cm³/mol. The van der Waals surface area contributed by atoms with Crippen molar-refractivity contribution in [1.29, 1.82) is 0 Å². The largest absolute Gasteiger partial charge is 0.382 e. The van der Waals surface area contributed by atoms with Gasteiger partial charge in [-0.2, -0.15) is 5.10 Å².